The molecule has 0 radical (unpaired) electrons. The molecular weight excluding hydrogens is 244 g/mol. The summed E-state index contributed by atoms with van der Waals surface area (Å²) < 4.78 is 5.49. The fourth-order valence-electron chi connectivity index (χ4n) is 2.85. The van der Waals surface area contributed by atoms with Gasteiger partial charge in [0.25, 0.3) is 0 Å². The van der Waals surface area contributed by atoms with Crippen LogP contribution in [0.25, 0.3) is 10.9 Å². The largest absolute Gasteiger partial charge is 0.374 e. The van der Waals surface area contributed by atoms with Crippen LogP contribution in [-0.4, -0.2) is 46.2 Å². The second kappa shape index (κ2) is 3.96. The van der Waals surface area contributed by atoms with Gasteiger partial charge in [-0.25, -0.2) is 9.78 Å². The van der Waals surface area contributed by atoms with Crippen LogP contribution in [0.1, 0.15) is 6.42 Å². The molecule has 19 heavy (non-hydrogen) atoms. The van der Waals surface area contributed by atoms with Crippen molar-refractivity contribution in [3.63, 3.8) is 0 Å². The van der Waals surface area contributed by atoms with Crippen LogP contribution in [0.15, 0.2) is 24.5 Å². The summed E-state index contributed by atoms with van der Waals surface area (Å²) >= 11 is 0. The van der Waals surface area contributed by atoms with Crippen molar-refractivity contribution in [2.45, 2.75) is 18.6 Å². The minimum atomic E-state index is -0.0850. The number of rotatable bonds is 1. The Balaban J connectivity index is 1.52. The van der Waals surface area contributed by atoms with Gasteiger partial charge in [0.05, 0.1) is 30.5 Å². The fraction of sp³-hybridized carbons (Fsp3) is 0.385. The number of hydrogen-bond donors (Lipinski definition) is 2. The summed E-state index contributed by atoms with van der Waals surface area (Å²) in [5, 5.41) is 3.90. The first-order valence-corrected chi connectivity index (χ1v) is 6.42. The van der Waals surface area contributed by atoms with Crippen LogP contribution in [0.2, 0.25) is 0 Å². The van der Waals surface area contributed by atoms with E-state index in [1.54, 1.807) is 6.20 Å². The highest BCUT2D eigenvalue weighted by molar-refractivity contribution is 5.91. The summed E-state index contributed by atoms with van der Waals surface area (Å²) in [5.74, 6) is 0.584. The first-order valence-electron chi connectivity index (χ1n) is 6.42. The highest BCUT2D eigenvalue weighted by Gasteiger charge is 2.41. The number of ether oxygens (including phenoxy) is 1. The molecule has 0 aromatic carbocycles. The van der Waals surface area contributed by atoms with Crippen LogP contribution in [-0.2, 0) is 4.74 Å². The number of carbonyl (C=O) groups excluding carboxylic acids is 1. The minimum absolute atomic E-state index is 0.0850. The lowest BCUT2D eigenvalue weighted by Crippen LogP contribution is -2.43. The van der Waals surface area contributed by atoms with E-state index in [0.717, 1.165) is 17.3 Å². The van der Waals surface area contributed by atoms with Crippen LogP contribution >= 0.6 is 0 Å². The lowest BCUT2D eigenvalue weighted by atomic mass is 10.2. The zero-order chi connectivity index (χ0) is 12.8. The Labute approximate surface area is 109 Å². The number of carbonyl (C=O) groups is 1. The van der Waals surface area contributed by atoms with Crippen molar-refractivity contribution in [2.75, 3.05) is 18.5 Å². The van der Waals surface area contributed by atoms with Crippen molar-refractivity contribution in [1.29, 1.82) is 0 Å². The molecule has 0 aliphatic carbocycles. The topological polar surface area (TPSA) is 70.2 Å². The molecule has 4 rings (SSSR count). The van der Waals surface area contributed by atoms with Gasteiger partial charge in [0.2, 0.25) is 0 Å². The van der Waals surface area contributed by atoms with Crippen molar-refractivity contribution in [1.82, 2.24) is 14.9 Å². The Kier molecular flexibility index (Phi) is 2.25. The first kappa shape index (κ1) is 10.8. The third-order valence-electron chi connectivity index (χ3n) is 3.83. The lowest BCUT2D eigenvalue weighted by molar-refractivity contribution is 0.0473. The van der Waals surface area contributed by atoms with Gasteiger partial charge in [-0.05, 0) is 18.6 Å². The van der Waals surface area contributed by atoms with Crippen molar-refractivity contribution in [3.05, 3.63) is 24.5 Å². The molecule has 6 heteroatoms. The molecule has 98 valence electrons. The molecule has 2 amide bonds. The van der Waals surface area contributed by atoms with Gasteiger partial charge in [0.15, 0.2) is 0 Å². The number of nitrogens with one attached hydrogen (secondary N) is 2. The Morgan fingerprint density at radius 3 is 3.32 bits per heavy atom. The molecule has 2 saturated heterocycles. The molecule has 2 bridgehead atoms. The molecule has 0 unspecified atom stereocenters. The van der Waals surface area contributed by atoms with Gasteiger partial charge in [0, 0.05) is 18.1 Å². The van der Waals surface area contributed by atoms with Gasteiger partial charge < -0.3 is 14.6 Å². The first-order chi connectivity index (χ1) is 9.29. The fourth-order valence-corrected chi connectivity index (χ4v) is 2.85. The molecule has 2 N–H and O–H groups in total. The SMILES string of the molecule is O=C(Nc1cc2cc[nH]c2cn1)N1C[C@@H]2C[C@H]1CO2. The number of pyridine rings is 1. The number of nitrogens with zero attached hydrogens (tertiary/aromatic N) is 2. The molecule has 4 heterocycles. The van der Waals surface area contributed by atoms with Gasteiger partial charge in [-0.15, -0.1) is 0 Å². The van der Waals surface area contributed by atoms with Gasteiger partial charge in [0.1, 0.15) is 5.82 Å². The second-order valence-corrected chi connectivity index (χ2v) is 5.06. The molecule has 2 aliphatic rings. The third kappa shape index (κ3) is 1.76. The van der Waals surface area contributed by atoms with E-state index in [-0.39, 0.29) is 18.2 Å². The van der Waals surface area contributed by atoms with Crippen LogP contribution in [0.4, 0.5) is 10.6 Å². The summed E-state index contributed by atoms with van der Waals surface area (Å²) in [4.78, 5) is 21.3. The number of aromatic amines is 1. The molecule has 0 spiro atoms. The highest BCUT2D eigenvalue weighted by Crippen LogP contribution is 2.28. The van der Waals surface area contributed by atoms with Gasteiger partial charge in [-0.3, -0.25) is 5.32 Å². The quantitative estimate of drug-likeness (QED) is 0.815. The van der Waals surface area contributed by atoms with Crippen molar-refractivity contribution < 1.29 is 9.53 Å². The van der Waals surface area contributed by atoms with E-state index in [9.17, 15) is 4.79 Å². The Hall–Kier alpha value is -2.08. The summed E-state index contributed by atoms with van der Waals surface area (Å²) in [6, 6.07) is 3.96. The molecule has 2 aromatic heterocycles. The van der Waals surface area contributed by atoms with Crippen LogP contribution in [0.5, 0.6) is 0 Å². The van der Waals surface area contributed by atoms with Crippen LogP contribution < -0.4 is 5.32 Å². The van der Waals surface area contributed by atoms with Gasteiger partial charge >= 0.3 is 6.03 Å². The maximum Gasteiger partial charge on any atom is 0.323 e. The van der Waals surface area contributed by atoms with E-state index in [2.05, 4.69) is 15.3 Å². The average Bonchev–Trinajstić information content (AvgIpc) is 3.13. The number of H-pyrrole nitrogens is 1. The summed E-state index contributed by atoms with van der Waals surface area (Å²) in [6.45, 7) is 1.34. The molecule has 2 atom stereocenters. The molecule has 6 nitrogen and oxygen atoms in total. The number of hydrogen-bond acceptors (Lipinski definition) is 3. The number of anilines is 1. The highest BCUT2D eigenvalue weighted by atomic mass is 16.5. The monoisotopic (exact) mass is 258 g/mol. The van der Waals surface area contributed by atoms with E-state index >= 15 is 0 Å². The number of morpholine rings is 1. The number of aromatic nitrogens is 2. The molecule has 2 aliphatic heterocycles. The zero-order valence-electron chi connectivity index (χ0n) is 10.3. The predicted molar refractivity (Wildman–Crippen MR) is 70.0 cm³/mol. The van der Waals surface area contributed by atoms with E-state index in [4.69, 9.17) is 4.74 Å². The van der Waals surface area contributed by atoms with E-state index in [1.807, 2.05) is 23.2 Å². The Morgan fingerprint density at radius 1 is 1.58 bits per heavy atom. The summed E-state index contributed by atoms with van der Waals surface area (Å²) in [6.07, 6.45) is 4.76. The van der Waals surface area contributed by atoms with E-state index in [0.29, 0.717) is 19.0 Å². The second-order valence-electron chi connectivity index (χ2n) is 5.06. The van der Waals surface area contributed by atoms with Crippen molar-refractivity contribution >= 4 is 22.8 Å². The molecular formula is C13H14N4O2. The Bertz CT molecular complexity index is 638. The zero-order valence-corrected chi connectivity index (χ0v) is 10.3. The number of fused-ring (bicyclic) bond motifs is 3. The molecule has 2 fully saturated rings. The predicted octanol–water partition coefficient (Wildman–Crippen LogP) is 1.57. The van der Waals surface area contributed by atoms with E-state index < -0.39 is 0 Å². The third-order valence-corrected chi connectivity index (χ3v) is 3.83. The normalized spacial score (nSPS) is 25.2. The van der Waals surface area contributed by atoms with Gasteiger partial charge in [-0.1, -0.05) is 0 Å². The minimum Gasteiger partial charge on any atom is -0.374 e. The number of urea groups is 1. The molecule has 2 aromatic rings. The molecule has 0 saturated carbocycles. The Morgan fingerprint density at radius 2 is 2.53 bits per heavy atom. The maximum atomic E-state index is 12.2. The summed E-state index contributed by atoms with van der Waals surface area (Å²) in [5.41, 5.74) is 0.964. The van der Waals surface area contributed by atoms with Crippen molar-refractivity contribution in [2.24, 2.45) is 0 Å². The number of likely N-dealkylation sites (tertiary alicyclic amines) is 1. The lowest BCUT2D eigenvalue weighted by Gasteiger charge is -2.26. The van der Waals surface area contributed by atoms with Gasteiger partial charge in [-0.2, -0.15) is 0 Å². The standard InChI is InChI=1S/C13H14N4O2/c18-13(17-6-10-4-9(17)7-19-10)16-12-3-8-1-2-14-11(8)5-15-12/h1-3,5,9-10,14H,4,6-7H2,(H,15,16,18)/t9-,10-/m0/s1. The summed E-state index contributed by atoms with van der Waals surface area (Å²) in [7, 11) is 0. The van der Waals surface area contributed by atoms with E-state index in [1.165, 1.54) is 0 Å². The average molecular weight is 258 g/mol. The van der Waals surface area contributed by atoms with Crippen LogP contribution in [0.3, 0.4) is 0 Å². The van der Waals surface area contributed by atoms with Crippen LogP contribution in [0, 0.1) is 0 Å². The maximum absolute atomic E-state index is 12.2. The smallest absolute Gasteiger partial charge is 0.323 e. The number of amides is 2. The van der Waals surface area contributed by atoms with Crippen molar-refractivity contribution in [3.8, 4) is 0 Å².